The van der Waals surface area contributed by atoms with E-state index in [0.29, 0.717) is 6.42 Å². The van der Waals surface area contributed by atoms with Gasteiger partial charge in [0.15, 0.2) is 0 Å². The Morgan fingerprint density at radius 1 is 1.58 bits per heavy atom. The van der Waals surface area contributed by atoms with Crippen LogP contribution in [0.4, 0.5) is 5.69 Å². The van der Waals surface area contributed by atoms with E-state index in [1.54, 1.807) is 6.92 Å². The Labute approximate surface area is 80.5 Å². The summed E-state index contributed by atoms with van der Waals surface area (Å²) in [6, 6.07) is 5.69. The zero-order chi connectivity index (χ0) is 9.14. The largest absolute Gasteiger partial charge is 0.398 e. The lowest BCUT2D eigenvalue weighted by Gasteiger charge is -2.07. The third-order valence-corrected chi connectivity index (χ3v) is 2.12. The summed E-state index contributed by atoms with van der Waals surface area (Å²) in [4.78, 5) is 0. The zero-order valence-corrected chi connectivity index (χ0v) is 8.51. The fourth-order valence-corrected chi connectivity index (χ4v) is 1.45. The minimum Gasteiger partial charge on any atom is -0.398 e. The van der Waals surface area contributed by atoms with E-state index >= 15 is 0 Å². The normalized spacial score (nSPS) is 12.9. The van der Waals surface area contributed by atoms with Crippen LogP contribution in [0.3, 0.4) is 0 Å². The van der Waals surface area contributed by atoms with E-state index in [9.17, 15) is 0 Å². The number of aliphatic hydroxyl groups excluding tert-OH is 1. The smallest absolute Gasteiger partial charge is 0.0553 e. The summed E-state index contributed by atoms with van der Waals surface area (Å²) in [5, 5.41) is 9.13. The third kappa shape index (κ3) is 2.50. The van der Waals surface area contributed by atoms with Crippen LogP contribution in [0.1, 0.15) is 12.5 Å². The van der Waals surface area contributed by atoms with Crippen molar-refractivity contribution >= 4 is 21.6 Å². The van der Waals surface area contributed by atoms with E-state index in [4.69, 9.17) is 10.8 Å². The molecule has 3 N–H and O–H groups in total. The van der Waals surface area contributed by atoms with E-state index < -0.39 is 0 Å². The molecular weight excluding hydrogens is 218 g/mol. The Morgan fingerprint density at radius 2 is 2.25 bits per heavy atom. The standard InChI is InChI=1S/C9H12BrNO/c1-6(12)4-7-2-3-8(10)5-9(7)11/h2-3,5-6,12H,4,11H2,1H3. The monoisotopic (exact) mass is 229 g/mol. The van der Waals surface area contributed by atoms with Crippen LogP contribution in [0.25, 0.3) is 0 Å². The van der Waals surface area contributed by atoms with Gasteiger partial charge >= 0.3 is 0 Å². The van der Waals surface area contributed by atoms with Gasteiger partial charge in [0.05, 0.1) is 6.10 Å². The van der Waals surface area contributed by atoms with Crippen LogP contribution in [0, 0.1) is 0 Å². The summed E-state index contributed by atoms with van der Waals surface area (Å²) in [5.74, 6) is 0. The van der Waals surface area contributed by atoms with Crippen LogP contribution in [0.2, 0.25) is 0 Å². The van der Waals surface area contributed by atoms with E-state index in [2.05, 4.69) is 15.9 Å². The van der Waals surface area contributed by atoms with Gasteiger partial charge in [0.25, 0.3) is 0 Å². The Bertz CT molecular complexity index is 273. The second kappa shape index (κ2) is 3.92. The molecule has 1 aromatic rings. The number of nitrogens with two attached hydrogens (primary N) is 1. The molecule has 3 heteroatoms. The van der Waals surface area contributed by atoms with Crippen LogP contribution < -0.4 is 5.73 Å². The quantitative estimate of drug-likeness (QED) is 0.763. The molecule has 2 nitrogen and oxygen atoms in total. The molecule has 0 aromatic heterocycles. The Balaban J connectivity index is 2.86. The molecule has 0 radical (unpaired) electrons. The summed E-state index contributed by atoms with van der Waals surface area (Å²) < 4.78 is 0.967. The predicted molar refractivity (Wildman–Crippen MR) is 53.9 cm³/mol. The first-order chi connectivity index (χ1) is 5.59. The van der Waals surface area contributed by atoms with Crippen molar-refractivity contribution in [3.8, 4) is 0 Å². The van der Waals surface area contributed by atoms with Gasteiger partial charge in [-0.25, -0.2) is 0 Å². The molecule has 1 unspecified atom stereocenters. The summed E-state index contributed by atoms with van der Waals surface area (Å²) >= 11 is 3.32. The highest BCUT2D eigenvalue weighted by Crippen LogP contribution is 2.19. The minimum atomic E-state index is -0.339. The first kappa shape index (κ1) is 9.55. The molecule has 0 heterocycles. The first-order valence-corrected chi connectivity index (χ1v) is 4.61. The highest BCUT2D eigenvalue weighted by atomic mass is 79.9. The molecule has 0 saturated carbocycles. The summed E-state index contributed by atoms with van der Waals surface area (Å²) in [6.07, 6.45) is 0.271. The summed E-state index contributed by atoms with van der Waals surface area (Å²) in [6.45, 7) is 1.75. The van der Waals surface area contributed by atoms with Crippen molar-refractivity contribution < 1.29 is 5.11 Å². The lowest BCUT2D eigenvalue weighted by Crippen LogP contribution is -2.06. The van der Waals surface area contributed by atoms with E-state index in [0.717, 1.165) is 15.7 Å². The van der Waals surface area contributed by atoms with Crippen LogP contribution in [-0.4, -0.2) is 11.2 Å². The fourth-order valence-electron chi connectivity index (χ4n) is 1.07. The van der Waals surface area contributed by atoms with E-state index in [1.165, 1.54) is 0 Å². The number of benzene rings is 1. The summed E-state index contributed by atoms with van der Waals surface area (Å²) in [5.41, 5.74) is 7.45. The van der Waals surface area contributed by atoms with Crippen molar-refractivity contribution in [1.29, 1.82) is 0 Å². The number of hydrogen-bond acceptors (Lipinski definition) is 2. The van der Waals surface area contributed by atoms with Gasteiger partial charge in [-0.3, -0.25) is 0 Å². The predicted octanol–water partition coefficient (Wildman–Crippen LogP) is 1.95. The molecule has 0 spiro atoms. The van der Waals surface area contributed by atoms with Crippen molar-refractivity contribution in [2.75, 3.05) is 5.73 Å². The number of rotatable bonds is 2. The molecular formula is C9H12BrNO. The van der Waals surface area contributed by atoms with Crippen molar-refractivity contribution in [1.82, 2.24) is 0 Å². The Morgan fingerprint density at radius 3 is 2.75 bits per heavy atom. The molecule has 0 fully saturated rings. The zero-order valence-electron chi connectivity index (χ0n) is 6.92. The molecule has 1 rings (SSSR count). The van der Waals surface area contributed by atoms with Gasteiger partial charge in [0.2, 0.25) is 0 Å². The SMILES string of the molecule is CC(O)Cc1ccc(Br)cc1N. The number of anilines is 1. The topological polar surface area (TPSA) is 46.2 Å². The second-order valence-corrected chi connectivity index (χ2v) is 3.81. The fraction of sp³-hybridized carbons (Fsp3) is 0.333. The molecule has 0 bridgehead atoms. The van der Waals surface area contributed by atoms with Gasteiger partial charge < -0.3 is 10.8 Å². The van der Waals surface area contributed by atoms with Crippen molar-refractivity contribution in [2.24, 2.45) is 0 Å². The molecule has 0 saturated heterocycles. The van der Waals surface area contributed by atoms with Crippen LogP contribution in [0.5, 0.6) is 0 Å². The molecule has 66 valence electrons. The van der Waals surface area contributed by atoms with Crippen molar-refractivity contribution in [3.05, 3.63) is 28.2 Å². The van der Waals surface area contributed by atoms with Gasteiger partial charge in [0.1, 0.15) is 0 Å². The lowest BCUT2D eigenvalue weighted by molar-refractivity contribution is 0.195. The maximum atomic E-state index is 9.13. The van der Waals surface area contributed by atoms with E-state index in [1.807, 2.05) is 18.2 Å². The highest BCUT2D eigenvalue weighted by molar-refractivity contribution is 9.10. The van der Waals surface area contributed by atoms with Crippen LogP contribution >= 0.6 is 15.9 Å². The van der Waals surface area contributed by atoms with E-state index in [-0.39, 0.29) is 6.10 Å². The van der Waals surface area contributed by atoms with Gasteiger partial charge in [-0.1, -0.05) is 22.0 Å². The molecule has 1 atom stereocenters. The third-order valence-electron chi connectivity index (χ3n) is 1.62. The Kier molecular flexibility index (Phi) is 3.12. The molecule has 0 aliphatic heterocycles. The highest BCUT2D eigenvalue weighted by Gasteiger charge is 2.02. The molecule has 0 amide bonds. The molecule has 12 heavy (non-hydrogen) atoms. The van der Waals surface area contributed by atoms with Crippen molar-refractivity contribution in [3.63, 3.8) is 0 Å². The second-order valence-electron chi connectivity index (χ2n) is 2.90. The average molecular weight is 230 g/mol. The van der Waals surface area contributed by atoms with Gasteiger partial charge in [-0.2, -0.15) is 0 Å². The van der Waals surface area contributed by atoms with Crippen molar-refractivity contribution in [2.45, 2.75) is 19.4 Å². The minimum absolute atomic E-state index is 0.339. The van der Waals surface area contributed by atoms with Gasteiger partial charge in [0, 0.05) is 16.6 Å². The number of nitrogen functional groups attached to an aromatic ring is 1. The number of aliphatic hydroxyl groups is 1. The van der Waals surface area contributed by atoms with Gasteiger partial charge in [-0.15, -0.1) is 0 Å². The maximum Gasteiger partial charge on any atom is 0.0553 e. The maximum absolute atomic E-state index is 9.13. The molecule has 1 aromatic carbocycles. The average Bonchev–Trinajstić information content (AvgIpc) is 1.94. The number of halogens is 1. The lowest BCUT2D eigenvalue weighted by atomic mass is 10.1. The van der Waals surface area contributed by atoms with Crippen LogP contribution in [-0.2, 0) is 6.42 Å². The summed E-state index contributed by atoms with van der Waals surface area (Å²) in [7, 11) is 0. The van der Waals surface area contributed by atoms with Gasteiger partial charge in [-0.05, 0) is 24.6 Å². The number of hydrogen-bond donors (Lipinski definition) is 2. The Hall–Kier alpha value is -0.540. The molecule has 0 aliphatic carbocycles. The first-order valence-electron chi connectivity index (χ1n) is 3.81. The molecule has 0 aliphatic rings. The van der Waals surface area contributed by atoms with Crippen LogP contribution in [0.15, 0.2) is 22.7 Å².